The molecule has 4 N–H and O–H groups in total. The third-order valence-electron chi connectivity index (χ3n) is 5.79. The summed E-state index contributed by atoms with van der Waals surface area (Å²) < 4.78 is 6.74. The Labute approximate surface area is 257 Å². The molecule has 5 aromatic rings. The van der Waals surface area contributed by atoms with Crippen LogP contribution in [0.2, 0.25) is 5.02 Å². The number of nitrogens with zero attached hydrogens (tertiary/aromatic N) is 2. The van der Waals surface area contributed by atoms with Gasteiger partial charge in [-0.15, -0.1) is 0 Å². The molecule has 0 unspecified atom stereocenters. The van der Waals surface area contributed by atoms with Crippen LogP contribution in [0.15, 0.2) is 105 Å². The largest absolute Gasteiger partial charge is 0.453 e. The van der Waals surface area contributed by atoms with E-state index < -0.39 is 12.1 Å². The van der Waals surface area contributed by atoms with Crippen LogP contribution in [0.1, 0.15) is 0 Å². The molecular formula is C29H22BrClN6O4S. The third kappa shape index (κ3) is 7.03. The van der Waals surface area contributed by atoms with Crippen LogP contribution >= 0.6 is 39.3 Å². The molecule has 0 fully saturated rings. The molecule has 5 rings (SSSR count). The predicted molar refractivity (Wildman–Crippen MR) is 169 cm³/mol. The second kappa shape index (κ2) is 13.0. The van der Waals surface area contributed by atoms with Crippen molar-refractivity contribution in [3.05, 3.63) is 100 Å². The summed E-state index contributed by atoms with van der Waals surface area (Å²) in [4.78, 5) is 43.8. The van der Waals surface area contributed by atoms with E-state index in [2.05, 4.69) is 42.2 Å². The van der Waals surface area contributed by atoms with Crippen LogP contribution in [0.25, 0.3) is 11.0 Å². The molecule has 13 heteroatoms. The molecule has 4 amide bonds. The molecule has 42 heavy (non-hydrogen) atoms. The van der Waals surface area contributed by atoms with E-state index in [1.807, 2.05) is 42.5 Å². The van der Waals surface area contributed by atoms with Gasteiger partial charge in [0.25, 0.3) is 0 Å². The highest BCUT2D eigenvalue weighted by Gasteiger charge is 2.20. The number of hydrogen-bond donors (Lipinski definition) is 4. The van der Waals surface area contributed by atoms with Gasteiger partial charge in [0.2, 0.25) is 5.95 Å². The van der Waals surface area contributed by atoms with E-state index in [1.165, 1.54) is 23.4 Å². The van der Waals surface area contributed by atoms with Crippen LogP contribution in [0.4, 0.5) is 37.4 Å². The number of aromatic nitrogens is 2. The van der Waals surface area contributed by atoms with Crippen LogP contribution in [0.3, 0.4) is 0 Å². The molecule has 0 atom stereocenters. The van der Waals surface area contributed by atoms with Crippen LogP contribution in [-0.4, -0.2) is 34.8 Å². The Kier molecular flexibility index (Phi) is 8.96. The van der Waals surface area contributed by atoms with E-state index in [1.54, 1.807) is 48.5 Å². The number of urea groups is 1. The van der Waals surface area contributed by atoms with Gasteiger partial charge in [0.05, 0.1) is 23.8 Å². The molecule has 0 saturated heterocycles. The lowest BCUT2D eigenvalue weighted by Crippen LogP contribution is -2.23. The number of amides is 4. The topological polar surface area (TPSA) is 126 Å². The van der Waals surface area contributed by atoms with Crippen molar-refractivity contribution < 1.29 is 19.1 Å². The molecular weight excluding hydrogens is 644 g/mol. The number of fused-ring (bicyclic) bond motifs is 1. The van der Waals surface area contributed by atoms with Crippen molar-refractivity contribution >= 4 is 91.5 Å². The quantitative estimate of drug-likeness (QED) is 0.144. The molecule has 0 aliphatic heterocycles. The smallest absolute Gasteiger partial charge is 0.413 e. The van der Waals surface area contributed by atoms with Gasteiger partial charge in [-0.1, -0.05) is 35.5 Å². The highest BCUT2D eigenvalue weighted by molar-refractivity contribution is 9.10. The van der Waals surface area contributed by atoms with Crippen molar-refractivity contribution in [2.75, 3.05) is 28.4 Å². The number of hydrogen-bond acceptors (Lipinski definition) is 6. The van der Waals surface area contributed by atoms with E-state index in [0.717, 1.165) is 14.3 Å². The summed E-state index contributed by atoms with van der Waals surface area (Å²) in [5, 5.41) is 11.4. The van der Waals surface area contributed by atoms with Gasteiger partial charge in [0.15, 0.2) is 0 Å². The summed E-state index contributed by atoms with van der Waals surface area (Å²) in [5.74, 6) is 0.00157. The van der Waals surface area contributed by atoms with E-state index in [0.29, 0.717) is 33.1 Å². The van der Waals surface area contributed by atoms with E-state index in [9.17, 15) is 14.4 Å². The molecule has 0 aliphatic carbocycles. The van der Waals surface area contributed by atoms with Crippen molar-refractivity contribution in [2.45, 2.75) is 9.79 Å². The zero-order valence-electron chi connectivity index (χ0n) is 21.9. The average molecular weight is 666 g/mol. The van der Waals surface area contributed by atoms with E-state index >= 15 is 0 Å². The summed E-state index contributed by atoms with van der Waals surface area (Å²) in [5.41, 5.74) is 2.77. The maximum absolute atomic E-state index is 13.2. The van der Waals surface area contributed by atoms with E-state index in [-0.39, 0.29) is 12.0 Å². The van der Waals surface area contributed by atoms with Crippen molar-refractivity contribution in [2.24, 2.45) is 0 Å². The fourth-order valence-corrected chi connectivity index (χ4v) is 5.22. The highest BCUT2D eigenvalue weighted by Crippen LogP contribution is 2.32. The number of ether oxygens (including phenoxy) is 1. The van der Waals surface area contributed by atoms with Gasteiger partial charge in [-0.3, -0.25) is 5.32 Å². The van der Waals surface area contributed by atoms with Crippen LogP contribution in [-0.2, 0) is 4.74 Å². The lowest BCUT2D eigenvalue weighted by atomic mass is 10.3. The first-order valence-electron chi connectivity index (χ1n) is 12.3. The van der Waals surface area contributed by atoms with Crippen molar-refractivity contribution in [1.82, 2.24) is 9.55 Å². The molecule has 0 spiro atoms. The molecule has 0 saturated carbocycles. The maximum Gasteiger partial charge on any atom is 0.413 e. The number of anilines is 4. The summed E-state index contributed by atoms with van der Waals surface area (Å²) in [7, 11) is 1.22. The number of halogens is 2. The number of rotatable bonds is 6. The molecule has 0 aliphatic rings. The summed E-state index contributed by atoms with van der Waals surface area (Å²) in [6.07, 6.45) is -0.765. The van der Waals surface area contributed by atoms with Gasteiger partial charge in [-0.2, -0.15) is 0 Å². The Hall–Kier alpha value is -4.52. The Morgan fingerprint density at radius 3 is 2.21 bits per heavy atom. The summed E-state index contributed by atoms with van der Waals surface area (Å²) >= 11 is 10.8. The SMILES string of the molecule is COC(=O)Nc1nc2cc(Sc3ccc(NC(=O)Nc4ccccc4Br)cc3)ccc2n1C(=O)Nc1ccc(Cl)cc1. The summed E-state index contributed by atoms with van der Waals surface area (Å²) in [6, 6.07) is 25.9. The minimum absolute atomic E-state index is 0.00157. The van der Waals surface area contributed by atoms with E-state index in [4.69, 9.17) is 16.3 Å². The molecule has 10 nitrogen and oxygen atoms in total. The lowest BCUT2D eigenvalue weighted by Gasteiger charge is -2.10. The molecule has 212 valence electrons. The second-order valence-corrected chi connectivity index (χ2v) is 11.1. The minimum Gasteiger partial charge on any atom is -0.453 e. The fourth-order valence-electron chi connectivity index (χ4n) is 3.86. The Morgan fingerprint density at radius 2 is 1.50 bits per heavy atom. The first-order chi connectivity index (χ1) is 20.3. The normalized spacial score (nSPS) is 10.6. The van der Waals surface area contributed by atoms with Crippen molar-refractivity contribution in [3.8, 4) is 0 Å². The van der Waals surface area contributed by atoms with Gasteiger partial charge in [0.1, 0.15) is 0 Å². The number of para-hydroxylation sites is 1. The Morgan fingerprint density at radius 1 is 0.833 bits per heavy atom. The Balaban J connectivity index is 1.32. The number of benzene rings is 4. The number of methoxy groups -OCH3 is 1. The Bertz CT molecular complexity index is 1780. The molecule has 1 aromatic heterocycles. The number of imidazole rings is 1. The third-order valence-corrected chi connectivity index (χ3v) is 7.73. The average Bonchev–Trinajstić information content (AvgIpc) is 3.33. The van der Waals surface area contributed by atoms with Gasteiger partial charge in [-0.25, -0.2) is 23.9 Å². The molecule has 0 bridgehead atoms. The molecule has 1 heterocycles. The predicted octanol–water partition coefficient (Wildman–Crippen LogP) is 8.51. The minimum atomic E-state index is -0.765. The first-order valence-corrected chi connectivity index (χ1v) is 14.3. The maximum atomic E-state index is 13.2. The number of carbonyl (C=O) groups excluding carboxylic acids is 3. The number of nitrogens with one attached hydrogen (secondary N) is 4. The van der Waals surface area contributed by atoms with Gasteiger partial charge < -0.3 is 20.7 Å². The zero-order valence-corrected chi connectivity index (χ0v) is 25.0. The second-order valence-electron chi connectivity index (χ2n) is 8.66. The highest BCUT2D eigenvalue weighted by atomic mass is 79.9. The first kappa shape index (κ1) is 29.0. The van der Waals surface area contributed by atoms with Crippen LogP contribution in [0.5, 0.6) is 0 Å². The molecule has 4 aromatic carbocycles. The number of carbonyl (C=O) groups is 3. The lowest BCUT2D eigenvalue weighted by molar-refractivity contribution is 0.186. The van der Waals surface area contributed by atoms with Crippen molar-refractivity contribution in [3.63, 3.8) is 0 Å². The van der Waals surface area contributed by atoms with Crippen LogP contribution < -0.4 is 21.3 Å². The van der Waals surface area contributed by atoms with Gasteiger partial charge >= 0.3 is 18.2 Å². The molecule has 0 radical (unpaired) electrons. The van der Waals surface area contributed by atoms with Crippen molar-refractivity contribution in [1.29, 1.82) is 0 Å². The van der Waals surface area contributed by atoms with Gasteiger partial charge in [0, 0.05) is 30.7 Å². The monoisotopic (exact) mass is 664 g/mol. The standard InChI is InChI=1S/C29H22BrClN6O4S/c1-41-29(40)36-26-34-24-16-21(14-15-25(24)37(26)28(39)33-19-8-6-17(31)7-9-19)42-20-12-10-18(11-13-20)32-27(38)35-23-5-3-2-4-22(23)30/h2-16H,1H3,(H,33,39)(H2,32,35,38)(H,34,36,40). The fraction of sp³-hybridized carbons (Fsp3) is 0.0345. The van der Waals surface area contributed by atoms with Gasteiger partial charge in [-0.05, 0) is 94.8 Å². The van der Waals surface area contributed by atoms with Crippen LogP contribution in [0, 0.1) is 0 Å². The zero-order chi connectivity index (χ0) is 29.6. The summed E-state index contributed by atoms with van der Waals surface area (Å²) in [6.45, 7) is 0.